The molecule has 7 heteroatoms. The highest BCUT2D eigenvalue weighted by atomic mass is 127. The molecular weight excluding hydrogens is 347 g/mol. The van der Waals surface area contributed by atoms with Crippen molar-refractivity contribution in [3.05, 3.63) is 24.7 Å². The molecule has 1 aliphatic rings. The molecule has 1 saturated carbocycles. The third kappa shape index (κ3) is 1.72. The van der Waals surface area contributed by atoms with E-state index in [1.807, 2.05) is 29.5 Å². The van der Waals surface area contributed by atoms with E-state index in [0.717, 1.165) is 19.3 Å². The number of hydrogen-bond acceptors (Lipinski definition) is 3. The number of aryl methyl sites for hydroxylation is 1. The molecule has 0 bridgehead atoms. The van der Waals surface area contributed by atoms with Crippen LogP contribution in [0.2, 0.25) is 0 Å². The van der Waals surface area contributed by atoms with Gasteiger partial charge in [0.2, 0.25) is 0 Å². The van der Waals surface area contributed by atoms with Gasteiger partial charge in [0.15, 0.2) is 15.0 Å². The average molecular weight is 360 g/mol. The molecule has 2 aromatic rings. The van der Waals surface area contributed by atoms with Crippen molar-refractivity contribution in [1.82, 2.24) is 19.1 Å². The third-order valence-corrected chi connectivity index (χ3v) is 3.65. The van der Waals surface area contributed by atoms with Crippen LogP contribution in [0.25, 0.3) is 11.2 Å². The summed E-state index contributed by atoms with van der Waals surface area (Å²) in [6, 6.07) is 0.0819. The van der Waals surface area contributed by atoms with Crippen LogP contribution in [0.15, 0.2) is 9.59 Å². The molecule has 1 N–H and O–H groups in total. The van der Waals surface area contributed by atoms with Gasteiger partial charge in [-0.1, -0.05) is 6.92 Å². The molecule has 0 aromatic carbocycles. The van der Waals surface area contributed by atoms with Crippen LogP contribution >= 0.6 is 22.6 Å². The first kappa shape index (κ1) is 11.9. The van der Waals surface area contributed by atoms with Crippen molar-refractivity contribution in [2.75, 3.05) is 0 Å². The minimum Gasteiger partial charge on any atom is -0.327 e. The molecule has 0 saturated heterocycles. The number of halogens is 1. The summed E-state index contributed by atoms with van der Waals surface area (Å²) in [7, 11) is 0. The largest absolute Gasteiger partial charge is 0.333 e. The summed E-state index contributed by atoms with van der Waals surface area (Å²) in [5, 5.41) is 0. The fourth-order valence-corrected chi connectivity index (χ4v) is 2.69. The van der Waals surface area contributed by atoms with Crippen molar-refractivity contribution >= 4 is 33.8 Å². The van der Waals surface area contributed by atoms with Crippen molar-refractivity contribution in [3.63, 3.8) is 0 Å². The smallest absolute Gasteiger partial charge is 0.327 e. The predicted octanol–water partition coefficient (Wildman–Crippen LogP) is 1.24. The van der Waals surface area contributed by atoms with Gasteiger partial charge in [-0.25, -0.2) is 9.78 Å². The van der Waals surface area contributed by atoms with Gasteiger partial charge in [0, 0.05) is 12.6 Å². The molecule has 0 atom stereocenters. The molecule has 6 nitrogen and oxygen atoms in total. The van der Waals surface area contributed by atoms with E-state index in [2.05, 4.69) is 9.97 Å². The Bertz CT molecular complexity index is 723. The van der Waals surface area contributed by atoms with Gasteiger partial charge in [-0.15, -0.1) is 0 Å². The van der Waals surface area contributed by atoms with Crippen molar-refractivity contribution in [1.29, 1.82) is 0 Å². The fourth-order valence-electron chi connectivity index (χ4n) is 2.19. The number of imidazole rings is 1. The number of aromatic nitrogens is 4. The summed E-state index contributed by atoms with van der Waals surface area (Å²) in [6.45, 7) is 2.59. The lowest BCUT2D eigenvalue weighted by molar-refractivity contribution is 0.571. The highest BCUT2D eigenvalue weighted by molar-refractivity contribution is 14.1. The van der Waals surface area contributed by atoms with Crippen molar-refractivity contribution < 1.29 is 0 Å². The second-order valence-electron chi connectivity index (χ2n) is 4.57. The molecule has 0 amide bonds. The van der Waals surface area contributed by atoms with Crippen LogP contribution < -0.4 is 11.2 Å². The number of hydrogen-bond donors (Lipinski definition) is 1. The van der Waals surface area contributed by atoms with E-state index in [-0.39, 0.29) is 17.3 Å². The monoisotopic (exact) mass is 360 g/mol. The number of nitrogens with zero attached hydrogens (tertiary/aromatic N) is 3. The molecule has 1 aliphatic carbocycles. The van der Waals surface area contributed by atoms with Crippen LogP contribution in [0.3, 0.4) is 0 Å². The summed E-state index contributed by atoms with van der Waals surface area (Å²) < 4.78 is 3.62. The van der Waals surface area contributed by atoms with Gasteiger partial charge in [0.05, 0.1) is 0 Å². The molecule has 96 valence electrons. The van der Waals surface area contributed by atoms with E-state index in [0.29, 0.717) is 21.5 Å². The number of aromatic amines is 1. The lowest BCUT2D eigenvalue weighted by Gasteiger charge is -2.09. The van der Waals surface area contributed by atoms with Gasteiger partial charge < -0.3 is 4.98 Å². The van der Waals surface area contributed by atoms with Gasteiger partial charge in [-0.3, -0.25) is 13.9 Å². The third-order valence-electron chi connectivity index (χ3n) is 3.14. The maximum Gasteiger partial charge on any atom is 0.333 e. The first-order valence-electron chi connectivity index (χ1n) is 6.04. The first-order valence-corrected chi connectivity index (χ1v) is 7.12. The Kier molecular flexibility index (Phi) is 2.80. The van der Waals surface area contributed by atoms with Gasteiger partial charge in [0.1, 0.15) is 0 Å². The lowest BCUT2D eigenvalue weighted by atomic mass is 10.4. The quantitative estimate of drug-likeness (QED) is 0.661. The number of rotatable bonds is 3. The van der Waals surface area contributed by atoms with Crippen molar-refractivity contribution in [2.45, 2.75) is 38.8 Å². The number of nitrogens with one attached hydrogen (secondary N) is 1. The summed E-state index contributed by atoms with van der Waals surface area (Å²) >= 11 is 2.02. The Labute approximate surface area is 116 Å². The van der Waals surface area contributed by atoms with E-state index in [1.54, 1.807) is 4.57 Å². The van der Waals surface area contributed by atoms with Crippen LogP contribution in [0.1, 0.15) is 32.2 Å². The van der Waals surface area contributed by atoms with Gasteiger partial charge in [-0.05, 0) is 41.9 Å². The zero-order valence-electron chi connectivity index (χ0n) is 9.94. The molecular formula is C11H13IN4O2. The molecule has 0 aliphatic heterocycles. The maximum atomic E-state index is 12.4. The summed E-state index contributed by atoms with van der Waals surface area (Å²) in [5.41, 5.74) is 0.465. The fraction of sp³-hybridized carbons (Fsp3) is 0.545. The highest BCUT2D eigenvalue weighted by Gasteiger charge is 2.29. The molecule has 3 rings (SSSR count). The molecule has 2 heterocycles. The minimum absolute atomic E-state index is 0.0819. The van der Waals surface area contributed by atoms with E-state index >= 15 is 0 Å². The summed E-state index contributed by atoms with van der Waals surface area (Å²) in [6.07, 6.45) is 2.66. The molecule has 18 heavy (non-hydrogen) atoms. The average Bonchev–Trinajstić information content (AvgIpc) is 3.07. The van der Waals surface area contributed by atoms with Crippen LogP contribution in [-0.4, -0.2) is 19.1 Å². The SMILES string of the molecule is CCCn1c(=O)n(C2CC2)c(=O)c2[nH]c(I)nc21. The van der Waals surface area contributed by atoms with Gasteiger partial charge in [-0.2, -0.15) is 0 Å². The summed E-state index contributed by atoms with van der Waals surface area (Å²) in [4.78, 5) is 31.8. The van der Waals surface area contributed by atoms with E-state index < -0.39 is 0 Å². The zero-order chi connectivity index (χ0) is 12.9. The Morgan fingerprint density at radius 2 is 2.17 bits per heavy atom. The molecule has 1 fully saturated rings. The molecule has 2 aromatic heterocycles. The Balaban J connectivity index is 2.42. The second kappa shape index (κ2) is 4.22. The van der Waals surface area contributed by atoms with E-state index in [4.69, 9.17) is 0 Å². The molecule has 0 unspecified atom stereocenters. The standard InChI is InChI=1S/C11H13IN4O2/c1-2-5-15-8-7(13-10(12)14-8)9(17)16(11(15)18)6-3-4-6/h6H,2-5H2,1H3,(H,13,14). The topological polar surface area (TPSA) is 72.7 Å². The highest BCUT2D eigenvalue weighted by Crippen LogP contribution is 2.32. The maximum absolute atomic E-state index is 12.4. The normalized spacial score (nSPS) is 15.4. The zero-order valence-corrected chi connectivity index (χ0v) is 12.1. The van der Waals surface area contributed by atoms with Gasteiger partial charge in [0.25, 0.3) is 5.56 Å². The Morgan fingerprint density at radius 1 is 1.44 bits per heavy atom. The van der Waals surface area contributed by atoms with Crippen LogP contribution in [0, 0.1) is 3.83 Å². The minimum atomic E-state index is -0.236. The first-order chi connectivity index (χ1) is 8.63. The van der Waals surface area contributed by atoms with Crippen LogP contribution in [0.5, 0.6) is 0 Å². The Hall–Kier alpha value is -1.12. The molecule has 0 spiro atoms. The van der Waals surface area contributed by atoms with Crippen molar-refractivity contribution in [3.8, 4) is 0 Å². The van der Waals surface area contributed by atoms with Crippen LogP contribution in [-0.2, 0) is 6.54 Å². The predicted molar refractivity (Wildman–Crippen MR) is 75.9 cm³/mol. The van der Waals surface area contributed by atoms with Crippen LogP contribution in [0.4, 0.5) is 0 Å². The Morgan fingerprint density at radius 3 is 2.78 bits per heavy atom. The number of H-pyrrole nitrogens is 1. The number of fused-ring (bicyclic) bond motifs is 1. The lowest BCUT2D eigenvalue weighted by Crippen LogP contribution is -2.39. The van der Waals surface area contributed by atoms with E-state index in [1.165, 1.54) is 4.57 Å². The molecule has 0 radical (unpaired) electrons. The summed E-state index contributed by atoms with van der Waals surface area (Å²) in [5.74, 6) is 0. The van der Waals surface area contributed by atoms with Crippen molar-refractivity contribution in [2.24, 2.45) is 0 Å². The van der Waals surface area contributed by atoms with E-state index in [9.17, 15) is 9.59 Å². The van der Waals surface area contributed by atoms with Gasteiger partial charge >= 0.3 is 5.69 Å². The second-order valence-corrected chi connectivity index (χ2v) is 5.59.